The first-order chi connectivity index (χ1) is 12.0. The lowest BCUT2D eigenvalue weighted by Gasteiger charge is -2.27. The number of carbonyl (C=O) groups is 1. The molecule has 2 heterocycles. The molecule has 1 fully saturated rings. The van der Waals surface area contributed by atoms with Crippen molar-refractivity contribution in [2.24, 2.45) is 0 Å². The van der Waals surface area contributed by atoms with Crippen molar-refractivity contribution < 1.29 is 14.8 Å². The highest BCUT2D eigenvalue weighted by molar-refractivity contribution is 5.88. The lowest BCUT2D eigenvalue weighted by molar-refractivity contribution is -0.384. The molecular formula is C17H18N4O4. The van der Waals surface area contributed by atoms with Crippen molar-refractivity contribution >= 4 is 29.0 Å². The van der Waals surface area contributed by atoms with Crippen LogP contribution in [-0.2, 0) is 0 Å². The predicted octanol–water partition coefficient (Wildman–Crippen LogP) is 3.42. The molecule has 0 atom stereocenters. The molecule has 0 bridgehead atoms. The summed E-state index contributed by atoms with van der Waals surface area (Å²) in [7, 11) is 0. The van der Waals surface area contributed by atoms with Gasteiger partial charge in [-0.15, -0.1) is 0 Å². The van der Waals surface area contributed by atoms with Crippen LogP contribution < -0.4 is 10.2 Å². The molecule has 2 aromatic rings. The van der Waals surface area contributed by atoms with Gasteiger partial charge in [0.05, 0.1) is 10.5 Å². The van der Waals surface area contributed by atoms with E-state index in [1.807, 2.05) is 0 Å². The van der Waals surface area contributed by atoms with Gasteiger partial charge in [-0.25, -0.2) is 9.78 Å². The molecule has 0 spiro atoms. The molecule has 1 aliphatic rings. The van der Waals surface area contributed by atoms with Gasteiger partial charge in [-0.05, 0) is 49.6 Å². The van der Waals surface area contributed by atoms with Gasteiger partial charge < -0.3 is 15.3 Å². The van der Waals surface area contributed by atoms with Gasteiger partial charge in [-0.3, -0.25) is 10.1 Å². The van der Waals surface area contributed by atoms with Crippen LogP contribution in [0.1, 0.15) is 29.6 Å². The number of aromatic nitrogens is 1. The Morgan fingerprint density at radius 2 is 1.80 bits per heavy atom. The second kappa shape index (κ2) is 7.16. The number of nitrogens with one attached hydrogen (secondary N) is 1. The van der Waals surface area contributed by atoms with Crippen LogP contribution in [0, 0.1) is 10.1 Å². The second-order valence-electron chi connectivity index (χ2n) is 5.85. The van der Waals surface area contributed by atoms with Crippen LogP contribution in [-0.4, -0.2) is 34.1 Å². The first kappa shape index (κ1) is 16.7. The number of nitrogens with zero attached hydrogens (tertiary/aromatic N) is 3. The maximum Gasteiger partial charge on any atom is 0.335 e. The zero-order valence-electron chi connectivity index (χ0n) is 13.5. The van der Waals surface area contributed by atoms with Gasteiger partial charge in [0, 0.05) is 24.8 Å². The number of carboxylic acids is 1. The highest BCUT2D eigenvalue weighted by atomic mass is 16.6. The Hall–Kier alpha value is -3.16. The third-order valence-corrected chi connectivity index (χ3v) is 4.13. The molecule has 0 radical (unpaired) electrons. The number of aromatic carboxylic acids is 1. The summed E-state index contributed by atoms with van der Waals surface area (Å²) in [5.74, 6) is -0.172. The first-order valence-electron chi connectivity index (χ1n) is 8.05. The number of rotatable bonds is 5. The number of hydrogen-bond donors (Lipinski definition) is 2. The Morgan fingerprint density at radius 1 is 1.12 bits per heavy atom. The van der Waals surface area contributed by atoms with E-state index in [-0.39, 0.29) is 17.1 Å². The summed E-state index contributed by atoms with van der Waals surface area (Å²) in [4.78, 5) is 28.2. The van der Waals surface area contributed by atoms with E-state index in [1.165, 1.54) is 24.6 Å². The molecule has 25 heavy (non-hydrogen) atoms. The average Bonchev–Trinajstić information content (AvgIpc) is 2.62. The van der Waals surface area contributed by atoms with E-state index in [4.69, 9.17) is 5.11 Å². The van der Waals surface area contributed by atoms with E-state index in [2.05, 4.69) is 15.2 Å². The SMILES string of the molecule is O=C(O)c1ccc(Nc2nc(N3CCCCC3)ccc2[N+](=O)[O-])cc1. The van der Waals surface area contributed by atoms with Gasteiger partial charge in [0.1, 0.15) is 5.82 Å². The lowest BCUT2D eigenvalue weighted by atomic mass is 10.1. The van der Waals surface area contributed by atoms with Gasteiger partial charge in [0.15, 0.2) is 0 Å². The maximum atomic E-state index is 11.3. The quantitative estimate of drug-likeness (QED) is 0.633. The summed E-state index contributed by atoms with van der Waals surface area (Å²) in [6.45, 7) is 1.77. The Bertz CT molecular complexity index is 786. The van der Waals surface area contributed by atoms with Crippen LogP contribution in [0.4, 0.5) is 23.0 Å². The van der Waals surface area contributed by atoms with Crippen molar-refractivity contribution in [2.45, 2.75) is 19.3 Å². The van der Waals surface area contributed by atoms with Crippen molar-refractivity contribution in [3.8, 4) is 0 Å². The molecule has 0 unspecified atom stereocenters. The highest BCUT2D eigenvalue weighted by Gasteiger charge is 2.20. The molecule has 8 nitrogen and oxygen atoms in total. The van der Waals surface area contributed by atoms with E-state index in [0.717, 1.165) is 25.9 Å². The fraction of sp³-hybridized carbons (Fsp3) is 0.294. The lowest BCUT2D eigenvalue weighted by Crippen LogP contribution is -2.30. The fourth-order valence-corrected chi connectivity index (χ4v) is 2.81. The number of hydrogen-bond acceptors (Lipinski definition) is 6. The number of piperidine rings is 1. The topological polar surface area (TPSA) is 109 Å². The Labute approximate surface area is 144 Å². The van der Waals surface area contributed by atoms with E-state index in [9.17, 15) is 14.9 Å². The first-order valence-corrected chi connectivity index (χ1v) is 8.05. The number of benzene rings is 1. The Balaban J connectivity index is 1.89. The number of anilines is 3. The highest BCUT2D eigenvalue weighted by Crippen LogP contribution is 2.29. The van der Waals surface area contributed by atoms with Crippen LogP contribution in [0.2, 0.25) is 0 Å². The predicted molar refractivity (Wildman–Crippen MR) is 93.6 cm³/mol. The molecule has 1 aromatic carbocycles. The van der Waals surface area contributed by atoms with Crippen molar-refractivity contribution in [3.05, 3.63) is 52.1 Å². The summed E-state index contributed by atoms with van der Waals surface area (Å²) in [6.07, 6.45) is 3.35. The van der Waals surface area contributed by atoms with Crippen LogP contribution in [0.25, 0.3) is 0 Å². The maximum absolute atomic E-state index is 11.3. The Morgan fingerprint density at radius 3 is 2.40 bits per heavy atom. The van der Waals surface area contributed by atoms with Gasteiger partial charge in [-0.2, -0.15) is 0 Å². The number of pyridine rings is 1. The van der Waals surface area contributed by atoms with Crippen LogP contribution in [0.5, 0.6) is 0 Å². The minimum Gasteiger partial charge on any atom is -0.478 e. The summed E-state index contributed by atoms with van der Waals surface area (Å²) in [6, 6.07) is 9.11. The monoisotopic (exact) mass is 342 g/mol. The van der Waals surface area contributed by atoms with Crippen molar-refractivity contribution in [2.75, 3.05) is 23.3 Å². The molecule has 3 rings (SSSR count). The molecular weight excluding hydrogens is 324 g/mol. The van der Waals surface area contributed by atoms with Gasteiger partial charge in [0.2, 0.25) is 5.82 Å². The molecule has 1 aliphatic heterocycles. The van der Waals surface area contributed by atoms with Gasteiger partial charge >= 0.3 is 11.7 Å². The molecule has 1 aromatic heterocycles. The van der Waals surface area contributed by atoms with Crippen LogP contribution >= 0.6 is 0 Å². The summed E-state index contributed by atoms with van der Waals surface area (Å²) < 4.78 is 0. The zero-order chi connectivity index (χ0) is 17.8. The molecule has 8 heteroatoms. The van der Waals surface area contributed by atoms with Gasteiger partial charge in [0.25, 0.3) is 0 Å². The van der Waals surface area contributed by atoms with Gasteiger partial charge in [-0.1, -0.05) is 0 Å². The minimum absolute atomic E-state index is 0.122. The standard InChI is InChI=1S/C17H18N4O4/c22-17(23)12-4-6-13(7-5-12)18-16-14(21(24)25)8-9-15(19-16)20-10-2-1-3-11-20/h4-9H,1-3,10-11H2,(H,18,19)(H,22,23). The molecule has 0 aliphatic carbocycles. The number of nitro groups is 1. The molecule has 1 saturated heterocycles. The second-order valence-corrected chi connectivity index (χ2v) is 5.85. The average molecular weight is 342 g/mol. The Kier molecular flexibility index (Phi) is 4.78. The van der Waals surface area contributed by atoms with E-state index >= 15 is 0 Å². The number of carboxylic acid groups (broad SMARTS) is 1. The molecule has 2 N–H and O–H groups in total. The normalized spacial score (nSPS) is 14.2. The van der Waals surface area contributed by atoms with Crippen molar-refractivity contribution in [1.29, 1.82) is 0 Å². The van der Waals surface area contributed by atoms with Crippen LogP contribution in [0.15, 0.2) is 36.4 Å². The minimum atomic E-state index is -1.03. The molecule has 0 saturated carbocycles. The smallest absolute Gasteiger partial charge is 0.335 e. The fourth-order valence-electron chi connectivity index (χ4n) is 2.81. The van der Waals surface area contributed by atoms with E-state index < -0.39 is 10.9 Å². The zero-order valence-corrected chi connectivity index (χ0v) is 13.5. The van der Waals surface area contributed by atoms with Crippen molar-refractivity contribution in [3.63, 3.8) is 0 Å². The molecule has 0 amide bonds. The molecule has 130 valence electrons. The summed E-state index contributed by atoms with van der Waals surface area (Å²) in [5, 5.41) is 23.1. The summed E-state index contributed by atoms with van der Waals surface area (Å²) in [5.41, 5.74) is 0.564. The van der Waals surface area contributed by atoms with E-state index in [0.29, 0.717) is 11.5 Å². The summed E-state index contributed by atoms with van der Waals surface area (Å²) >= 11 is 0. The van der Waals surface area contributed by atoms with E-state index in [1.54, 1.807) is 18.2 Å². The van der Waals surface area contributed by atoms with Crippen molar-refractivity contribution in [1.82, 2.24) is 4.98 Å². The third kappa shape index (κ3) is 3.85. The third-order valence-electron chi connectivity index (χ3n) is 4.13. The largest absolute Gasteiger partial charge is 0.478 e. The van der Waals surface area contributed by atoms with Crippen LogP contribution in [0.3, 0.4) is 0 Å².